The summed E-state index contributed by atoms with van der Waals surface area (Å²) in [4.78, 5) is 14.2. The quantitative estimate of drug-likeness (QED) is 0.485. The Bertz CT molecular complexity index is 957. The molecule has 0 aliphatic heterocycles. The fraction of sp³-hybridized carbons (Fsp3) is 0.238. The van der Waals surface area contributed by atoms with E-state index in [4.69, 9.17) is 9.15 Å². The Kier molecular flexibility index (Phi) is 6.36. The molecule has 28 heavy (non-hydrogen) atoms. The molecule has 2 aromatic heterocycles. The third-order valence-corrected chi connectivity index (χ3v) is 4.99. The number of furan rings is 1. The molecule has 2 heterocycles. The van der Waals surface area contributed by atoms with Crippen molar-refractivity contribution in [3.63, 3.8) is 0 Å². The molecule has 0 radical (unpaired) electrons. The van der Waals surface area contributed by atoms with Crippen LogP contribution in [0, 0.1) is 0 Å². The summed E-state index contributed by atoms with van der Waals surface area (Å²) >= 11 is 3.45. The molecule has 7 heteroatoms. The van der Waals surface area contributed by atoms with Gasteiger partial charge in [-0.2, -0.15) is 5.10 Å². The Morgan fingerprint density at radius 3 is 2.86 bits per heavy atom. The standard InChI is InChI=1S/C21H22BrN3O3/c1-4-7-15-8-5-6-9-19(15)27-14-16-10-11-20(28-16)21(26)24(2)13-18-17(22)12-23-25(18)3/h4-6,8-12H,1,7,13-14H2,2-3H3. The molecule has 0 saturated carbocycles. The summed E-state index contributed by atoms with van der Waals surface area (Å²) < 4.78 is 14.2. The first-order valence-electron chi connectivity index (χ1n) is 8.81. The topological polar surface area (TPSA) is 60.5 Å². The number of ether oxygens (including phenoxy) is 1. The van der Waals surface area contributed by atoms with Gasteiger partial charge in [-0.25, -0.2) is 0 Å². The first-order chi connectivity index (χ1) is 13.5. The lowest BCUT2D eigenvalue weighted by Gasteiger charge is -2.16. The van der Waals surface area contributed by atoms with Crippen LogP contribution in [-0.4, -0.2) is 27.6 Å². The number of amides is 1. The third-order valence-electron chi connectivity index (χ3n) is 4.32. The summed E-state index contributed by atoms with van der Waals surface area (Å²) in [6, 6.07) is 11.2. The van der Waals surface area contributed by atoms with Crippen LogP contribution in [0.3, 0.4) is 0 Å². The van der Waals surface area contributed by atoms with Crippen LogP contribution in [0.2, 0.25) is 0 Å². The number of hydrogen-bond donors (Lipinski definition) is 0. The van der Waals surface area contributed by atoms with Gasteiger partial charge >= 0.3 is 0 Å². The molecule has 0 N–H and O–H groups in total. The predicted molar refractivity (Wildman–Crippen MR) is 110 cm³/mol. The molecule has 1 amide bonds. The zero-order valence-corrected chi connectivity index (χ0v) is 17.5. The van der Waals surface area contributed by atoms with Gasteiger partial charge in [-0.3, -0.25) is 9.48 Å². The van der Waals surface area contributed by atoms with E-state index in [9.17, 15) is 4.79 Å². The summed E-state index contributed by atoms with van der Waals surface area (Å²) in [5.41, 5.74) is 1.96. The van der Waals surface area contributed by atoms with Gasteiger partial charge in [0.25, 0.3) is 5.91 Å². The van der Waals surface area contributed by atoms with E-state index in [1.54, 1.807) is 35.0 Å². The Labute approximate surface area is 172 Å². The van der Waals surface area contributed by atoms with E-state index in [1.807, 2.05) is 37.4 Å². The normalized spacial score (nSPS) is 10.7. The lowest BCUT2D eigenvalue weighted by atomic mass is 10.1. The minimum Gasteiger partial charge on any atom is -0.485 e. The predicted octanol–water partition coefficient (Wildman–Crippen LogP) is 4.36. The first-order valence-corrected chi connectivity index (χ1v) is 9.61. The van der Waals surface area contributed by atoms with Crippen LogP contribution in [0.4, 0.5) is 0 Å². The zero-order chi connectivity index (χ0) is 20.1. The second-order valence-corrected chi connectivity index (χ2v) is 7.23. The summed E-state index contributed by atoms with van der Waals surface area (Å²) in [6.07, 6.45) is 4.27. The molecule has 3 rings (SSSR count). The Hall–Kier alpha value is -2.80. The Balaban J connectivity index is 1.63. The van der Waals surface area contributed by atoms with Gasteiger partial charge in [0.2, 0.25) is 0 Å². The van der Waals surface area contributed by atoms with E-state index in [0.29, 0.717) is 12.3 Å². The van der Waals surface area contributed by atoms with Crippen molar-refractivity contribution in [2.24, 2.45) is 7.05 Å². The van der Waals surface area contributed by atoms with Crippen molar-refractivity contribution in [2.45, 2.75) is 19.6 Å². The summed E-state index contributed by atoms with van der Waals surface area (Å²) in [5.74, 6) is 1.45. The minimum absolute atomic E-state index is 0.202. The number of nitrogens with zero attached hydrogens (tertiary/aromatic N) is 3. The monoisotopic (exact) mass is 443 g/mol. The van der Waals surface area contributed by atoms with E-state index < -0.39 is 0 Å². The molecule has 0 bridgehead atoms. The van der Waals surface area contributed by atoms with E-state index in [1.165, 1.54) is 0 Å². The maximum atomic E-state index is 12.7. The molecule has 0 spiro atoms. The molecular formula is C21H22BrN3O3. The number of hydrogen-bond acceptors (Lipinski definition) is 4. The van der Waals surface area contributed by atoms with Gasteiger partial charge in [-0.1, -0.05) is 24.3 Å². The number of carbonyl (C=O) groups excluding carboxylic acids is 1. The number of aryl methyl sites for hydroxylation is 1. The van der Waals surface area contributed by atoms with Crippen LogP contribution >= 0.6 is 15.9 Å². The van der Waals surface area contributed by atoms with Crippen molar-refractivity contribution in [3.8, 4) is 5.75 Å². The molecule has 3 aromatic rings. The lowest BCUT2D eigenvalue weighted by Crippen LogP contribution is -2.27. The highest BCUT2D eigenvalue weighted by Crippen LogP contribution is 2.22. The van der Waals surface area contributed by atoms with E-state index in [0.717, 1.165) is 27.9 Å². The molecule has 146 valence electrons. The highest BCUT2D eigenvalue weighted by atomic mass is 79.9. The first kappa shape index (κ1) is 19.9. The number of para-hydroxylation sites is 1. The minimum atomic E-state index is -0.202. The molecule has 1 aromatic carbocycles. The molecule has 0 saturated heterocycles. The zero-order valence-electron chi connectivity index (χ0n) is 15.9. The Morgan fingerprint density at radius 1 is 1.36 bits per heavy atom. The van der Waals surface area contributed by atoms with Gasteiger partial charge in [-0.05, 0) is 46.1 Å². The smallest absolute Gasteiger partial charge is 0.289 e. The SMILES string of the molecule is C=CCc1ccccc1OCc1ccc(C(=O)N(C)Cc2c(Br)cnn2C)o1. The van der Waals surface area contributed by atoms with Gasteiger partial charge < -0.3 is 14.1 Å². The van der Waals surface area contributed by atoms with E-state index in [2.05, 4.69) is 27.6 Å². The van der Waals surface area contributed by atoms with Crippen LogP contribution in [0.15, 0.2) is 64.1 Å². The largest absolute Gasteiger partial charge is 0.485 e. The molecule has 0 aliphatic carbocycles. The Morgan fingerprint density at radius 2 is 2.14 bits per heavy atom. The summed E-state index contributed by atoms with van der Waals surface area (Å²) in [7, 11) is 3.57. The van der Waals surface area contributed by atoms with Crippen LogP contribution in [0.25, 0.3) is 0 Å². The van der Waals surface area contributed by atoms with Crippen LogP contribution in [0.1, 0.15) is 27.6 Å². The maximum absolute atomic E-state index is 12.7. The van der Waals surface area contributed by atoms with Crippen molar-refractivity contribution in [2.75, 3.05) is 7.05 Å². The second kappa shape index (κ2) is 8.93. The maximum Gasteiger partial charge on any atom is 0.289 e. The molecule has 0 aliphatic rings. The molecule has 6 nitrogen and oxygen atoms in total. The van der Waals surface area contributed by atoms with Crippen LogP contribution in [-0.2, 0) is 26.6 Å². The number of rotatable bonds is 8. The summed E-state index contributed by atoms with van der Waals surface area (Å²) in [5, 5.41) is 4.16. The summed E-state index contributed by atoms with van der Waals surface area (Å²) in [6.45, 7) is 4.43. The fourth-order valence-electron chi connectivity index (χ4n) is 2.79. The van der Waals surface area contributed by atoms with Crippen molar-refractivity contribution < 1.29 is 13.9 Å². The molecule has 0 fully saturated rings. The van der Waals surface area contributed by atoms with Gasteiger partial charge in [-0.15, -0.1) is 6.58 Å². The third kappa shape index (κ3) is 4.54. The highest BCUT2D eigenvalue weighted by molar-refractivity contribution is 9.10. The van der Waals surface area contributed by atoms with Crippen molar-refractivity contribution >= 4 is 21.8 Å². The van der Waals surface area contributed by atoms with Crippen LogP contribution in [0.5, 0.6) is 5.75 Å². The number of halogens is 1. The average molecular weight is 444 g/mol. The second-order valence-electron chi connectivity index (χ2n) is 6.38. The van der Waals surface area contributed by atoms with E-state index >= 15 is 0 Å². The van der Waals surface area contributed by atoms with Gasteiger partial charge in [0.05, 0.1) is 22.9 Å². The highest BCUT2D eigenvalue weighted by Gasteiger charge is 2.19. The lowest BCUT2D eigenvalue weighted by molar-refractivity contribution is 0.0746. The molecule has 0 unspecified atom stereocenters. The van der Waals surface area contributed by atoms with Crippen molar-refractivity contribution in [1.82, 2.24) is 14.7 Å². The van der Waals surface area contributed by atoms with Gasteiger partial charge in [0, 0.05) is 14.1 Å². The molecule has 0 atom stereocenters. The van der Waals surface area contributed by atoms with Crippen LogP contribution < -0.4 is 4.74 Å². The van der Waals surface area contributed by atoms with Crippen molar-refractivity contribution in [1.29, 1.82) is 0 Å². The number of aromatic nitrogens is 2. The number of benzene rings is 1. The van der Waals surface area contributed by atoms with Gasteiger partial charge in [0.1, 0.15) is 18.1 Å². The van der Waals surface area contributed by atoms with E-state index in [-0.39, 0.29) is 18.3 Å². The average Bonchev–Trinajstić information content (AvgIpc) is 3.29. The fourth-order valence-corrected chi connectivity index (χ4v) is 3.26. The number of allylic oxidation sites excluding steroid dienone is 1. The number of carbonyl (C=O) groups is 1. The molecular weight excluding hydrogens is 422 g/mol. The van der Waals surface area contributed by atoms with Gasteiger partial charge in [0.15, 0.2) is 5.76 Å². The van der Waals surface area contributed by atoms with Crippen molar-refractivity contribution in [3.05, 3.63) is 82.5 Å².